The van der Waals surface area contributed by atoms with Gasteiger partial charge in [0.2, 0.25) is 7.85 Å². The Labute approximate surface area is 124 Å². The van der Waals surface area contributed by atoms with Crippen LogP contribution < -0.4 is 0 Å². The van der Waals surface area contributed by atoms with Crippen LogP contribution in [0.15, 0.2) is 16.7 Å². The molecule has 0 spiro atoms. The Kier molecular flexibility index (Phi) is 3.26. The van der Waals surface area contributed by atoms with Crippen molar-refractivity contribution < 1.29 is 4.79 Å². The van der Waals surface area contributed by atoms with Crippen LogP contribution >= 0.6 is 27.5 Å². The van der Waals surface area contributed by atoms with Gasteiger partial charge in [-0.1, -0.05) is 11.6 Å². The number of carbonyl (C=O) groups excluding carboxylic acids is 1. The Morgan fingerprint density at radius 1 is 1.58 bits per heavy atom. The zero-order valence-electron chi connectivity index (χ0n) is 10.3. The second-order valence-electron chi connectivity index (χ2n) is 4.68. The molecule has 3 heterocycles. The summed E-state index contributed by atoms with van der Waals surface area (Å²) in [6.45, 7) is 1.49. The summed E-state index contributed by atoms with van der Waals surface area (Å²) in [4.78, 5) is 17.8. The number of likely N-dealkylation sites (tertiary alicyclic amines) is 1. The number of nitrogens with zero attached hydrogens (tertiary/aromatic N) is 4. The van der Waals surface area contributed by atoms with Crippen LogP contribution in [0.1, 0.15) is 18.0 Å². The van der Waals surface area contributed by atoms with Gasteiger partial charge in [0.1, 0.15) is 5.15 Å². The van der Waals surface area contributed by atoms with E-state index in [0.29, 0.717) is 17.3 Å². The van der Waals surface area contributed by atoms with E-state index in [0.717, 1.165) is 23.1 Å². The summed E-state index contributed by atoms with van der Waals surface area (Å²) in [5.74, 6) is 0.355. The number of fused-ring (bicyclic) bond motifs is 1. The number of carbonyl (C=O) groups is 1. The highest BCUT2D eigenvalue weighted by Gasteiger charge is 2.27. The van der Waals surface area contributed by atoms with Crippen molar-refractivity contribution >= 4 is 46.8 Å². The molecule has 1 saturated heterocycles. The summed E-state index contributed by atoms with van der Waals surface area (Å²) < 4.78 is 2.41. The molecule has 0 radical (unpaired) electrons. The Balaban J connectivity index is 1.97. The lowest BCUT2D eigenvalue weighted by Gasteiger charge is -2.14. The smallest absolute Gasteiger partial charge is 0.215 e. The molecule has 1 aliphatic rings. The fourth-order valence-corrected chi connectivity index (χ4v) is 3.00. The maximum atomic E-state index is 11.4. The third-order valence-corrected chi connectivity index (χ3v) is 4.29. The van der Waals surface area contributed by atoms with Crippen LogP contribution in [0.25, 0.3) is 5.65 Å². The molecule has 0 saturated carbocycles. The molecule has 19 heavy (non-hydrogen) atoms. The minimum atomic E-state index is 0.111. The van der Waals surface area contributed by atoms with Crippen LogP contribution in [0, 0.1) is 0 Å². The molecule has 0 bridgehead atoms. The molecule has 5 nitrogen and oxygen atoms in total. The van der Waals surface area contributed by atoms with Crippen molar-refractivity contribution in [1.82, 2.24) is 19.5 Å². The molecule has 0 aromatic carbocycles. The molecule has 1 unspecified atom stereocenters. The molecular formula is C11H11BBrClN4O. The van der Waals surface area contributed by atoms with Gasteiger partial charge in [0.15, 0.2) is 11.5 Å². The lowest BCUT2D eigenvalue weighted by atomic mass is 10.0. The van der Waals surface area contributed by atoms with Crippen LogP contribution in [-0.4, -0.2) is 46.2 Å². The highest BCUT2D eigenvalue weighted by atomic mass is 79.9. The van der Waals surface area contributed by atoms with Gasteiger partial charge in [-0.15, -0.1) is 0 Å². The Morgan fingerprint density at radius 2 is 2.37 bits per heavy atom. The minimum Gasteiger partial charge on any atom is -0.351 e. The molecule has 1 atom stereocenters. The van der Waals surface area contributed by atoms with Gasteiger partial charge < -0.3 is 4.90 Å². The van der Waals surface area contributed by atoms with Crippen LogP contribution in [-0.2, 0) is 0 Å². The Morgan fingerprint density at radius 3 is 3.05 bits per heavy atom. The van der Waals surface area contributed by atoms with E-state index in [1.165, 1.54) is 0 Å². The first-order valence-electron chi connectivity index (χ1n) is 6.01. The first-order valence-corrected chi connectivity index (χ1v) is 7.18. The van der Waals surface area contributed by atoms with Crippen molar-refractivity contribution in [2.24, 2.45) is 0 Å². The molecular weight excluding hydrogens is 330 g/mol. The monoisotopic (exact) mass is 340 g/mol. The van der Waals surface area contributed by atoms with E-state index < -0.39 is 0 Å². The van der Waals surface area contributed by atoms with E-state index in [1.807, 2.05) is 11.0 Å². The fourth-order valence-electron chi connectivity index (χ4n) is 2.41. The predicted octanol–water partition coefficient (Wildman–Crippen LogP) is 1.69. The summed E-state index contributed by atoms with van der Waals surface area (Å²) in [7, 11) is 1.60. The fraction of sp³-hybridized carbons (Fsp3) is 0.364. The van der Waals surface area contributed by atoms with Gasteiger partial charge in [0.05, 0.1) is 16.4 Å². The van der Waals surface area contributed by atoms with Crippen molar-refractivity contribution in [3.8, 4) is 0 Å². The molecule has 0 aliphatic carbocycles. The van der Waals surface area contributed by atoms with Gasteiger partial charge in [0, 0.05) is 19.0 Å². The maximum absolute atomic E-state index is 11.4. The number of amides is 1. The van der Waals surface area contributed by atoms with E-state index in [9.17, 15) is 4.79 Å². The largest absolute Gasteiger partial charge is 0.351 e. The summed E-state index contributed by atoms with van der Waals surface area (Å²) in [6, 6.07) is 1.84. The zero-order chi connectivity index (χ0) is 13.6. The van der Waals surface area contributed by atoms with Gasteiger partial charge >= 0.3 is 0 Å². The van der Waals surface area contributed by atoms with Crippen molar-refractivity contribution in [3.05, 3.63) is 27.6 Å². The van der Waals surface area contributed by atoms with E-state index in [-0.39, 0.29) is 11.7 Å². The summed E-state index contributed by atoms with van der Waals surface area (Å²) >= 11 is 9.62. The van der Waals surface area contributed by atoms with E-state index in [4.69, 9.17) is 11.6 Å². The number of hydrogen-bond acceptors (Lipinski definition) is 3. The molecule has 8 heteroatoms. The highest BCUT2D eigenvalue weighted by molar-refractivity contribution is 9.10. The average Bonchev–Trinajstić information content (AvgIpc) is 2.97. The summed E-state index contributed by atoms with van der Waals surface area (Å²) in [5.41, 5.74) is 1.63. The highest BCUT2D eigenvalue weighted by Crippen LogP contribution is 2.29. The molecule has 2 aromatic heterocycles. The summed E-state index contributed by atoms with van der Waals surface area (Å²) in [6.07, 6.45) is 2.60. The molecule has 3 rings (SSSR count). The number of hydrogen-bond donors (Lipinski definition) is 0. The van der Waals surface area contributed by atoms with E-state index in [1.54, 1.807) is 18.6 Å². The van der Waals surface area contributed by atoms with E-state index >= 15 is 0 Å². The molecule has 98 valence electrons. The van der Waals surface area contributed by atoms with Gasteiger partial charge in [-0.05, 0) is 28.4 Å². The Bertz CT molecular complexity index is 661. The third-order valence-electron chi connectivity index (χ3n) is 3.46. The predicted molar refractivity (Wildman–Crippen MR) is 78.6 cm³/mol. The van der Waals surface area contributed by atoms with Crippen molar-refractivity contribution in [3.63, 3.8) is 0 Å². The summed E-state index contributed by atoms with van der Waals surface area (Å²) in [5, 5.41) is 4.67. The number of halogens is 2. The second kappa shape index (κ2) is 4.79. The quantitative estimate of drug-likeness (QED) is 0.586. The zero-order valence-corrected chi connectivity index (χ0v) is 12.6. The van der Waals surface area contributed by atoms with Crippen LogP contribution in [0.2, 0.25) is 5.15 Å². The maximum Gasteiger partial charge on any atom is 0.215 e. The molecule has 1 fully saturated rings. The molecule has 0 N–H and O–H groups in total. The lowest BCUT2D eigenvalue weighted by molar-refractivity contribution is 0.231. The molecule has 1 amide bonds. The Hall–Kier alpha value is -1.08. The second-order valence-corrected chi connectivity index (χ2v) is 5.92. The number of rotatable bonds is 1. The van der Waals surface area contributed by atoms with Crippen molar-refractivity contribution in [2.75, 3.05) is 13.1 Å². The topological polar surface area (TPSA) is 50.5 Å². The van der Waals surface area contributed by atoms with Crippen molar-refractivity contribution in [2.45, 2.75) is 12.3 Å². The minimum absolute atomic E-state index is 0.111. The lowest BCUT2D eigenvalue weighted by Crippen LogP contribution is -2.27. The van der Waals surface area contributed by atoms with Gasteiger partial charge in [-0.3, -0.25) is 4.79 Å². The number of aromatic nitrogens is 3. The van der Waals surface area contributed by atoms with Crippen LogP contribution in [0.3, 0.4) is 0 Å². The molecule has 1 aliphatic heterocycles. The first-order chi connectivity index (χ1) is 9.06. The first kappa shape index (κ1) is 12.9. The van der Waals surface area contributed by atoms with Gasteiger partial charge in [-0.2, -0.15) is 5.10 Å². The molecule has 2 aromatic rings. The van der Waals surface area contributed by atoms with Crippen molar-refractivity contribution in [1.29, 1.82) is 0 Å². The third kappa shape index (κ3) is 2.25. The normalized spacial score (nSPS) is 19.3. The van der Waals surface area contributed by atoms with E-state index in [2.05, 4.69) is 26.0 Å². The standard InChI is InChI=1S/C11H11BBrClN4O/c12-11(19)17-2-1-6(5-17)8-3-9(14)18-10(16-8)7(13)4-15-18/h3-4,6H,1-2,5,12H2. The van der Waals surface area contributed by atoms with Gasteiger partial charge in [0.25, 0.3) is 0 Å². The SMILES string of the molecule is BC(=O)N1CCC(c2cc(Cl)n3ncc(Br)c3n2)C1. The van der Waals surface area contributed by atoms with Crippen LogP contribution in [0.5, 0.6) is 0 Å². The average molecular weight is 341 g/mol. The van der Waals surface area contributed by atoms with Crippen LogP contribution in [0.4, 0.5) is 4.79 Å². The van der Waals surface area contributed by atoms with Gasteiger partial charge in [-0.25, -0.2) is 9.50 Å².